The number of hydrogen-bond donors (Lipinski definition) is 0. The number of benzene rings is 4. The molecule has 4 aromatic carbocycles. The lowest BCUT2D eigenvalue weighted by Crippen LogP contribution is -2.15. The zero-order chi connectivity index (χ0) is 22.8. The third-order valence-electron chi connectivity index (χ3n) is 5.81. The second kappa shape index (κ2) is 9.16. The molecule has 5 heteroatoms. The Balaban J connectivity index is 1.40. The van der Waals surface area contributed by atoms with Crippen LogP contribution in [0.3, 0.4) is 0 Å². The molecule has 0 N–H and O–H groups in total. The summed E-state index contributed by atoms with van der Waals surface area (Å²) in [6.45, 7) is 5.17. The van der Waals surface area contributed by atoms with Crippen LogP contribution in [-0.4, -0.2) is 16.2 Å². The molecular formula is C28H25ClN2O2. The lowest BCUT2D eigenvalue weighted by molar-refractivity contribution is 0.207. The van der Waals surface area contributed by atoms with Crippen molar-refractivity contribution >= 4 is 33.4 Å². The molecule has 0 amide bonds. The highest BCUT2D eigenvalue weighted by molar-refractivity contribution is 6.31. The van der Waals surface area contributed by atoms with Crippen molar-refractivity contribution in [3.8, 4) is 11.5 Å². The Bertz CT molecular complexity index is 1420. The van der Waals surface area contributed by atoms with Gasteiger partial charge in [-0.15, -0.1) is 0 Å². The Labute approximate surface area is 198 Å². The van der Waals surface area contributed by atoms with E-state index in [1.165, 1.54) is 5.39 Å². The number of nitrogens with zero attached hydrogens (tertiary/aromatic N) is 2. The van der Waals surface area contributed by atoms with E-state index in [4.69, 9.17) is 26.1 Å². The SMILES string of the molecule is Cc1cc(OC(C)c2nc3ccccc3n2CCOc2cccc3ccccc23)ccc1Cl. The molecule has 0 saturated carbocycles. The molecule has 5 rings (SSSR count). The van der Waals surface area contributed by atoms with Gasteiger partial charge in [-0.25, -0.2) is 4.98 Å². The van der Waals surface area contributed by atoms with Gasteiger partial charge in [-0.2, -0.15) is 0 Å². The number of imidazole rings is 1. The fraction of sp³-hybridized carbons (Fsp3) is 0.179. The predicted molar refractivity (Wildman–Crippen MR) is 134 cm³/mol. The van der Waals surface area contributed by atoms with Crippen LogP contribution in [0.1, 0.15) is 24.4 Å². The molecule has 1 aromatic heterocycles. The highest BCUT2D eigenvalue weighted by Gasteiger charge is 2.18. The number of fused-ring (bicyclic) bond motifs is 2. The summed E-state index contributed by atoms with van der Waals surface area (Å²) in [7, 11) is 0. The summed E-state index contributed by atoms with van der Waals surface area (Å²) in [6, 6.07) is 28.3. The van der Waals surface area contributed by atoms with E-state index in [0.29, 0.717) is 13.2 Å². The van der Waals surface area contributed by atoms with Gasteiger partial charge in [0.25, 0.3) is 0 Å². The fourth-order valence-electron chi connectivity index (χ4n) is 4.16. The first-order chi connectivity index (χ1) is 16.1. The number of rotatable bonds is 7. The summed E-state index contributed by atoms with van der Waals surface area (Å²) in [5, 5.41) is 3.02. The van der Waals surface area contributed by atoms with Crippen molar-refractivity contribution in [3.05, 3.63) is 101 Å². The molecule has 1 atom stereocenters. The first-order valence-corrected chi connectivity index (χ1v) is 11.5. The molecule has 5 aromatic rings. The van der Waals surface area contributed by atoms with E-state index in [2.05, 4.69) is 28.8 Å². The molecular weight excluding hydrogens is 432 g/mol. The lowest BCUT2D eigenvalue weighted by atomic mass is 10.1. The zero-order valence-electron chi connectivity index (χ0n) is 18.7. The van der Waals surface area contributed by atoms with Crippen LogP contribution in [0.5, 0.6) is 11.5 Å². The topological polar surface area (TPSA) is 36.3 Å². The predicted octanol–water partition coefficient (Wildman–Crippen LogP) is 7.37. The fourth-order valence-corrected chi connectivity index (χ4v) is 4.27. The summed E-state index contributed by atoms with van der Waals surface area (Å²) in [6.07, 6.45) is -0.240. The Morgan fingerprint density at radius 1 is 0.939 bits per heavy atom. The molecule has 0 bridgehead atoms. The van der Waals surface area contributed by atoms with Crippen molar-refractivity contribution in [2.75, 3.05) is 6.61 Å². The second-order valence-corrected chi connectivity index (χ2v) is 8.51. The van der Waals surface area contributed by atoms with Crippen LogP contribution in [0.2, 0.25) is 5.02 Å². The number of ether oxygens (including phenoxy) is 2. The summed E-state index contributed by atoms with van der Waals surface area (Å²) in [5.41, 5.74) is 3.00. The van der Waals surface area contributed by atoms with E-state index in [9.17, 15) is 0 Å². The van der Waals surface area contributed by atoms with Crippen LogP contribution < -0.4 is 9.47 Å². The van der Waals surface area contributed by atoms with Gasteiger partial charge in [0.15, 0.2) is 11.9 Å². The molecule has 166 valence electrons. The van der Waals surface area contributed by atoms with Gasteiger partial charge in [0, 0.05) is 10.4 Å². The summed E-state index contributed by atoms with van der Waals surface area (Å²) in [5.74, 6) is 2.53. The Morgan fingerprint density at radius 3 is 2.61 bits per heavy atom. The molecule has 1 heterocycles. The van der Waals surface area contributed by atoms with Crippen LogP contribution >= 0.6 is 11.6 Å². The smallest absolute Gasteiger partial charge is 0.153 e. The maximum atomic E-state index is 6.25. The van der Waals surface area contributed by atoms with Gasteiger partial charge in [0.05, 0.1) is 17.6 Å². The maximum absolute atomic E-state index is 6.25. The van der Waals surface area contributed by atoms with Crippen molar-refractivity contribution in [2.45, 2.75) is 26.5 Å². The van der Waals surface area contributed by atoms with E-state index in [1.54, 1.807) is 0 Å². The number of hydrogen-bond acceptors (Lipinski definition) is 3. The van der Waals surface area contributed by atoms with E-state index in [-0.39, 0.29) is 6.10 Å². The number of aryl methyl sites for hydroxylation is 1. The van der Waals surface area contributed by atoms with E-state index in [0.717, 1.165) is 44.3 Å². The average Bonchev–Trinajstić information content (AvgIpc) is 3.20. The van der Waals surface area contributed by atoms with Gasteiger partial charge in [0.1, 0.15) is 18.1 Å². The van der Waals surface area contributed by atoms with Crippen LogP contribution in [-0.2, 0) is 6.54 Å². The number of aromatic nitrogens is 2. The first kappa shape index (κ1) is 21.4. The van der Waals surface area contributed by atoms with Crippen molar-refractivity contribution in [2.24, 2.45) is 0 Å². The highest BCUT2D eigenvalue weighted by Crippen LogP contribution is 2.29. The van der Waals surface area contributed by atoms with Crippen molar-refractivity contribution in [1.82, 2.24) is 9.55 Å². The third kappa shape index (κ3) is 4.39. The van der Waals surface area contributed by atoms with Gasteiger partial charge in [0.2, 0.25) is 0 Å². The average molecular weight is 457 g/mol. The molecule has 0 spiro atoms. The van der Waals surface area contributed by atoms with Crippen LogP contribution in [0.15, 0.2) is 84.9 Å². The van der Waals surface area contributed by atoms with Gasteiger partial charge >= 0.3 is 0 Å². The molecule has 1 unspecified atom stereocenters. The van der Waals surface area contributed by atoms with Crippen LogP contribution in [0.4, 0.5) is 0 Å². The Kier molecular flexibility index (Phi) is 5.93. The third-order valence-corrected chi connectivity index (χ3v) is 6.24. The van der Waals surface area contributed by atoms with Gasteiger partial charge in [-0.1, -0.05) is 60.1 Å². The molecule has 0 saturated heterocycles. The van der Waals surface area contributed by atoms with Gasteiger partial charge < -0.3 is 14.0 Å². The highest BCUT2D eigenvalue weighted by atomic mass is 35.5. The molecule has 4 nitrogen and oxygen atoms in total. The standard InChI is InChI=1S/C28H25ClN2O2/c1-19-18-22(14-15-24(19)29)33-20(2)28-30-25-11-5-6-12-26(25)31(28)16-17-32-27-13-7-9-21-8-3-4-10-23(21)27/h3-15,18,20H,16-17H2,1-2H3. The van der Waals surface area contributed by atoms with Crippen molar-refractivity contribution in [3.63, 3.8) is 0 Å². The summed E-state index contributed by atoms with van der Waals surface area (Å²) >= 11 is 6.17. The van der Waals surface area contributed by atoms with Gasteiger partial charge in [-0.05, 0) is 61.2 Å². The molecule has 0 aliphatic heterocycles. The maximum Gasteiger partial charge on any atom is 0.153 e. The minimum atomic E-state index is -0.240. The minimum Gasteiger partial charge on any atom is -0.491 e. The largest absolute Gasteiger partial charge is 0.491 e. The summed E-state index contributed by atoms with van der Waals surface area (Å²) in [4.78, 5) is 4.88. The second-order valence-electron chi connectivity index (χ2n) is 8.11. The molecule has 33 heavy (non-hydrogen) atoms. The van der Waals surface area contributed by atoms with E-state index >= 15 is 0 Å². The molecule has 0 radical (unpaired) electrons. The molecule has 0 fully saturated rings. The number of halogens is 1. The van der Waals surface area contributed by atoms with E-state index < -0.39 is 0 Å². The monoisotopic (exact) mass is 456 g/mol. The van der Waals surface area contributed by atoms with Gasteiger partial charge in [-0.3, -0.25) is 0 Å². The molecule has 0 aliphatic rings. The Hall–Kier alpha value is -3.50. The van der Waals surface area contributed by atoms with Crippen LogP contribution in [0, 0.1) is 6.92 Å². The molecule has 0 aliphatic carbocycles. The normalized spacial score (nSPS) is 12.2. The first-order valence-electron chi connectivity index (χ1n) is 11.1. The van der Waals surface area contributed by atoms with Crippen molar-refractivity contribution in [1.29, 1.82) is 0 Å². The minimum absolute atomic E-state index is 0.240. The van der Waals surface area contributed by atoms with Crippen LogP contribution in [0.25, 0.3) is 21.8 Å². The summed E-state index contributed by atoms with van der Waals surface area (Å²) < 4.78 is 14.7. The number of para-hydroxylation sites is 2. The quantitative estimate of drug-likeness (QED) is 0.256. The Morgan fingerprint density at radius 2 is 1.73 bits per heavy atom. The van der Waals surface area contributed by atoms with E-state index in [1.807, 2.05) is 74.5 Å². The zero-order valence-corrected chi connectivity index (χ0v) is 19.4. The van der Waals surface area contributed by atoms with Crippen molar-refractivity contribution < 1.29 is 9.47 Å². The lowest BCUT2D eigenvalue weighted by Gasteiger charge is -2.18.